The fraction of sp³-hybridized carbons (Fsp3) is 0.348. The first-order valence-electron chi connectivity index (χ1n) is 10.3. The average molecular weight is 423 g/mol. The maximum absolute atomic E-state index is 12.2. The Kier molecular flexibility index (Phi) is 6.08. The van der Waals surface area contributed by atoms with Crippen LogP contribution in [0.15, 0.2) is 42.6 Å². The quantitative estimate of drug-likeness (QED) is 0.601. The Morgan fingerprint density at radius 3 is 2.87 bits per heavy atom. The number of ether oxygens (including phenoxy) is 1. The third-order valence-corrected chi connectivity index (χ3v) is 6.46. The number of pyridine rings is 1. The molecule has 30 heavy (non-hydrogen) atoms. The SMILES string of the molecule is CCOC(=O)c1ccc(C2SCCNc3c2c(-c2ccccn2)nn3CC)c(C)c1. The summed E-state index contributed by atoms with van der Waals surface area (Å²) in [5, 5.41) is 8.58. The van der Waals surface area contributed by atoms with Crippen LogP contribution < -0.4 is 5.32 Å². The number of hydrogen-bond donors (Lipinski definition) is 1. The molecule has 1 atom stereocenters. The van der Waals surface area contributed by atoms with Crippen molar-refractivity contribution in [3.63, 3.8) is 0 Å². The number of fused-ring (bicyclic) bond motifs is 1. The van der Waals surface area contributed by atoms with Crippen LogP contribution in [-0.2, 0) is 11.3 Å². The van der Waals surface area contributed by atoms with Gasteiger partial charge in [0.1, 0.15) is 11.5 Å². The van der Waals surface area contributed by atoms with Crippen molar-refractivity contribution in [1.82, 2.24) is 14.8 Å². The Bertz CT molecular complexity index is 1050. The Labute approximate surface area is 181 Å². The van der Waals surface area contributed by atoms with Crippen LogP contribution in [0.5, 0.6) is 0 Å². The molecule has 0 spiro atoms. The van der Waals surface area contributed by atoms with Crippen molar-refractivity contribution in [1.29, 1.82) is 0 Å². The number of hydrogen-bond acceptors (Lipinski definition) is 6. The summed E-state index contributed by atoms with van der Waals surface area (Å²) in [5.41, 5.74) is 5.78. The molecule has 1 aliphatic rings. The molecule has 1 N–H and O–H groups in total. The first kappa shape index (κ1) is 20.5. The van der Waals surface area contributed by atoms with E-state index in [0.29, 0.717) is 12.2 Å². The minimum atomic E-state index is -0.281. The number of esters is 1. The van der Waals surface area contributed by atoms with Gasteiger partial charge in [-0.1, -0.05) is 12.1 Å². The van der Waals surface area contributed by atoms with Crippen LogP contribution in [0.3, 0.4) is 0 Å². The lowest BCUT2D eigenvalue weighted by molar-refractivity contribution is 0.0526. The summed E-state index contributed by atoms with van der Waals surface area (Å²) in [6.07, 6.45) is 1.80. The second-order valence-corrected chi connectivity index (χ2v) is 8.32. The maximum atomic E-state index is 12.2. The Balaban J connectivity index is 1.84. The Hall–Kier alpha value is -2.80. The lowest BCUT2D eigenvalue weighted by Gasteiger charge is -2.19. The van der Waals surface area contributed by atoms with Crippen molar-refractivity contribution in [2.24, 2.45) is 0 Å². The van der Waals surface area contributed by atoms with E-state index in [2.05, 4.69) is 30.2 Å². The average Bonchev–Trinajstić information content (AvgIpc) is 2.99. The van der Waals surface area contributed by atoms with Crippen LogP contribution in [-0.4, -0.2) is 39.6 Å². The van der Waals surface area contributed by atoms with Crippen molar-refractivity contribution in [2.75, 3.05) is 24.2 Å². The van der Waals surface area contributed by atoms with E-state index in [1.807, 2.05) is 53.7 Å². The highest BCUT2D eigenvalue weighted by atomic mass is 32.2. The van der Waals surface area contributed by atoms with Gasteiger partial charge in [-0.3, -0.25) is 4.98 Å². The molecule has 3 aromatic rings. The monoisotopic (exact) mass is 422 g/mol. The molecule has 6 nitrogen and oxygen atoms in total. The molecule has 0 aliphatic carbocycles. The summed E-state index contributed by atoms with van der Waals surface area (Å²) in [6.45, 7) is 8.00. The van der Waals surface area contributed by atoms with Gasteiger partial charge in [0.2, 0.25) is 0 Å². The lowest BCUT2D eigenvalue weighted by atomic mass is 9.96. The largest absolute Gasteiger partial charge is 0.462 e. The van der Waals surface area contributed by atoms with E-state index >= 15 is 0 Å². The number of thioether (sulfide) groups is 1. The predicted octanol–water partition coefficient (Wildman–Crippen LogP) is 4.70. The molecule has 0 saturated carbocycles. The van der Waals surface area contributed by atoms with Crippen LogP contribution in [0.25, 0.3) is 11.4 Å². The van der Waals surface area contributed by atoms with Gasteiger partial charge in [0.25, 0.3) is 0 Å². The minimum Gasteiger partial charge on any atom is -0.462 e. The van der Waals surface area contributed by atoms with Crippen molar-refractivity contribution in [2.45, 2.75) is 32.6 Å². The third kappa shape index (κ3) is 3.81. The van der Waals surface area contributed by atoms with Gasteiger partial charge in [-0.15, -0.1) is 11.8 Å². The third-order valence-electron chi connectivity index (χ3n) is 5.20. The molecule has 2 aromatic heterocycles. The molecule has 0 bridgehead atoms. The molecule has 0 amide bonds. The number of nitrogens with one attached hydrogen (secondary N) is 1. The Morgan fingerprint density at radius 1 is 1.30 bits per heavy atom. The van der Waals surface area contributed by atoms with Gasteiger partial charge in [-0.05, 0) is 56.2 Å². The summed E-state index contributed by atoms with van der Waals surface area (Å²) in [7, 11) is 0. The minimum absolute atomic E-state index is 0.101. The summed E-state index contributed by atoms with van der Waals surface area (Å²) in [6, 6.07) is 11.8. The molecular formula is C23H26N4O2S. The van der Waals surface area contributed by atoms with Gasteiger partial charge in [-0.2, -0.15) is 5.10 Å². The number of anilines is 1. The highest BCUT2D eigenvalue weighted by molar-refractivity contribution is 7.99. The normalized spacial score (nSPS) is 15.8. The zero-order valence-corrected chi connectivity index (χ0v) is 18.3. The Morgan fingerprint density at radius 2 is 2.17 bits per heavy atom. The molecule has 1 aromatic carbocycles. The van der Waals surface area contributed by atoms with E-state index in [9.17, 15) is 4.79 Å². The first-order valence-corrected chi connectivity index (χ1v) is 11.3. The summed E-state index contributed by atoms with van der Waals surface area (Å²) in [5.74, 6) is 1.75. The molecule has 3 heterocycles. The highest BCUT2D eigenvalue weighted by Crippen LogP contribution is 2.46. The second kappa shape index (κ2) is 8.92. The second-order valence-electron chi connectivity index (χ2n) is 7.11. The van der Waals surface area contributed by atoms with Gasteiger partial charge < -0.3 is 10.1 Å². The van der Waals surface area contributed by atoms with Gasteiger partial charge in [-0.25, -0.2) is 9.48 Å². The summed E-state index contributed by atoms with van der Waals surface area (Å²) in [4.78, 5) is 16.7. The van der Waals surface area contributed by atoms with Gasteiger partial charge in [0.15, 0.2) is 0 Å². The maximum Gasteiger partial charge on any atom is 0.338 e. The van der Waals surface area contributed by atoms with Gasteiger partial charge in [0, 0.05) is 30.6 Å². The van der Waals surface area contributed by atoms with E-state index in [0.717, 1.165) is 47.2 Å². The molecule has 0 radical (unpaired) electrons. The van der Waals surface area contributed by atoms with Crippen LogP contribution >= 0.6 is 11.8 Å². The van der Waals surface area contributed by atoms with E-state index in [4.69, 9.17) is 9.84 Å². The highest BCUT2D eigenvalue weighted by Gasteiger charge is 2.31. The van der Waals surface area contributed by atoms with Crippen molar-refractivity contribution >= 4 is 23.5 Å². The number of carbonyl (C=O) groups excluding carboxylic acids is 1. The number of carbonyl (C=O) groups is 1. The fourth-order valence-electron chi connectivity index (χ4n) is 3.82. The standard InChI is InChI=1S/C23H26N4O2S/c1-4-27-22-19(20(26-27)18-8-6-7-11-24-18)21(30-13-12-25-22)17-10-9-16(14-15(17)3)23(28)29-5-2/h6-11,14,21,25H,4-5,12-13H2,1-3H3. The summed E-state index contributed by atoms with van der Waals surface area (Å²) < 4.78 is 7.19. The van der Waals surface area contributed by atoms with E-state index < -0.39 is 0 Å². The van der Waals surface area contributed by atoms with E-state index in [1.54, 1.807) is 6.20 Å². The smallest absolute Gasteiger partial charge is 0.338 e. The van der Waals surface area contributed by atoms with Crippen LogP contribution in [0.4, 0.5) is 5.82 Å². The molecule has 1 aliphatic heterocycles. The lowest BCUT2D eigenvalue weighted by Crippen LogP contribution is -2.09. The molecule has 7 heteroatoms. The zero-order chi connectivity index (χ0) is 21.1. The van der Waals surface area contributed by atoms with Crippen molar-refractivity contribution in [3.8, 4) is 11.4 Å². The summed E-state index contributed by atoms with van der Waals surface area (Å²) >= 11 is 1.89. The topological polar surface area (TPSA) is 69.0 Å². The number of aromatic nitrogens is 3. The number of nitrogens with zero attached hydrogens (tertiary/aromatic N) is 3. The molecule has 156 valence electrons. The molecule has 0 saturated heterocycles. The predicted molar refractivity (Wildman–Crippen MR) is 121 cm³/mol. The van der Waals surface area contributed by atoms with Crippen molar-refractivity contribution < 1.29 is 9.53 Å². The molecule has 0 fully saturated rings. The fourth-order valence-corrected chi connectivity index (χ4v) is 5.11. The first-order chi connectivity index (χ1) is 14.6. The van der Waals surface area contributed by atoms with Gasteiger partial charge >= 0.3 is 5.97 Å². The van der Waals surface area contributed by atoms with E-state index in [1.165, 1.54) is 5.56 Å². The van der Waals surface area contributed by atoms with Crippen molar-refractivity contribution in [3.05, 3.63) is 64.8 Å². The molecular weight excluding hydrogens is 396 g/mol. The van der Waals surface area contributed by atoms with E-state index in [-0.39, 0.29) is 11.2 Å². The zero-order valence-electron chi connectivity index (χ0n) is 17.5. The van der Waals surface area contributed by atoms with Crippen LogP contribution in [0, 0.1) is 6.92 Å². The molecule has 4 rings (SSSR count). The van der Waals surface area contributed by atoms with Crippen LogP contribution in [0.2, 0.25) is 0 Å². The van der Waals surface area contributed by atoms with Crippen LogP contribution in [0.1, 0.15) is 46.1 Å². The molecule has 1 unspecified atom stereocenters. The van der Waals surface area contributed by atoms with Gasteiger partial charge in [0.05, 0.1) is 23.1 Å². The number of aryl methyl sites for hydroxylation is 2. The number of rotatable bonds is 5. The number of benzene rings is 1.